The molecule has 2 atom stereocenters. The van der Waals surface area contributed by atoms with E-state index in [4.69, 9.17) is 14.2 Å². The minimum atomic E-state index is -0.762. The maximum Gasteiger partial charge on any atom is 0.306 e. The molecule has 0 aliphatic heterocycles. The second kappa shape index (κ2) is 36.8. The van der Waals surface area contributed by atoms with E-state index in [2.05, 4.69) is 41.5 Å². The van der Waals surface area contributed by atoms with Gasteiger partial charge in [0, 0.05) is 19.3 Å². The lowest BCUT2D eigenvalue weighted by molar-refractivity contribution is -0.167. The van der Waals surface area contributed by atoms with Gasteiger partial charge in [-0.1, -0.05) is 196 Å². The number of esters is 3. The van der Waals surface area contributed by atoms with Crippen molar-refractivity contribution in [2.75, 3.05) is 13.2 Å². The molecule has 0 aliphatic carbocycles. The molecule has 0 spiro atoms. The van der Waals surface area contributed by atoms with Crippen LogP contribution >= 0.6 is 0 Å². The van der Waals surface area contributed by atoms with Gasteiger partial charge in [0.2, 0.25) is 0 Å². The first kappa shape index (κ1) is 49.4. The second-order valence-electron chi connectivity index (χ2n) is 16.5. The van der Waals surface area contributed by atoms with Crippen molar-refractivity contribution in [1.82, 2.24) is 0 Å². The van der Waals surface area contributed by atoms with E-state index >= 15 is 0 Å². The lowest BCUT2D eigenvalue weighted by Crippen LogP contribution is -2.30. The van der Waals surface area contributed by atoms with Gasteiger partial charge in [0.1, 0.15) is 13.2 Å². The summed E-state index contributed by atoms with van der Waals surface area (Å²) in [7, 11) is 0. The third-order valence-corrected chi connectivity index (χ3v) is 10.3. The Labute approximate surface area is 317 Å². The van der Waals surface area contributed by atoms with Crippen LogP contribution in [-0.2, 0) is 28.6 Å². The number of carbonyl (C=O) groups excluding carboxylic acids is 3. The Balaban J connectivity index is 4.35. The van der Waals surface area contributed by atoms with Gasteiger partial charge in [0.25, 0.3) is 0 Å². The van der Waals surface area contributed by atoms with Crippen LogP contribution in [0.1, 0.15) is 234 Å². The van der Waals surface area contributed by atoms with Crippen LogP contribution in [0.4, 0.5) is 0 Å². The van der Waals surface area contributed by atoms with Crippen LogP contribution in [0.5, 0.6) is 0 Å². The van der Waals surface area contributed by atoms with Crippen LogP contribution in [0.3, 0.4) is 0 Å². The lowest BCUT2D eigenvalue weighted by atomic mass is 10.00. The molecule has 302 valence electrons. The topological polar surface area (TPSA) is 78.9 Å². The SMILES string of the molecule is CCC(C)CCCCCCCCC(=O)O[C@@H](COC(=O)CCCCCCCCCCCCC(C)C)COC(=O)CCCCCCCCCC(C)C. The smallest absolute Gasteiger partial charge is 0.306 e. The first-order chi connectivity index (χ1) is 24.6. The van der Waals surface area contributed by atoms with E-state index in [9.17, 15) is 14.4 Å². The number of unbranched alkanes of at least 4 members (excludes halogenated alkanes) is 20. The van der Waals surface area contributed by atoms with Crippen LogP contribution in [0.25, 0.3) is 0 Å². The van der Waals surface area contributed by atoms with Crippen molar-refractivity contribution in [3.05, 3.63) is 0 Å². The van der Waals surface area contributed by atoms with Crippen LogP contribution in [0.15, 0.2) is 0 Å². The molecule has 0 heterocycles. The molecule has 0 aromatic rings. The number of rotatable bonds is 38. The standard InChI is InChI=1S/C45H86O6/c1-7-41(6)33-27-21-17-18-24-30-36-45(48)51-42(38-50-44(47)35-29-23-16-12-14-20-26-32-40(4)5)37-49-43(46)34-28-22-15-11-9-8-10-13-19-25-31-39(2)3/h39-42H,7-38H2,1-6H3/t41?,42-/m0/s1. The summed E-state index contributed by atoms with van der Waals surface area (Å²) in [6.45, 7) is 13.6. The molecule has 0 aromatic heterocycles. The van der Waals surface area contributed by atoms with E-state index in [1.165, 1.54) is 116 Å². The quantitative estimate of drug-likeness (QED) is 0.0359. The van der Waals surface area contributed by atoms with Crippen molar-refractivity contribution >= 4 is 17.9 Å². The van der Waals surface area contributed by atoms with Crippen molar-refractivity contribution in [2.45, 2.75) is 240 Å². The van der Waals surface area contributed by atoms with Crippen LogP contribution < -0.4 is 0 Å². The summed E-state index contributed by atoms with van der Waals surface area (Å²) < 4.78 is 16.7. The average Bonchev–Trinajstić information content (AvgIpc) is 3.09. The molecule has 0 saturated heterocycles. The third-order valence-electron chi connectivity index (χ3n) is 10.3. The molecule has 0 N–H and O–H groups in total. The fourth-order valence-corrected chi connectivity index (χ4v) is 6.49. The highest BCUT2D eigenvalue weighted by Gasteiger charge is 2.19. The fourth-order valence-electron chi connectivity index (χ4n) is 6.49. The molecule has 0 rings (SSSR count). The fraction of sp³-hybridized carbons (Fsp3) is 0.933. The van der Waals surface area contributed by atoms with Gasteiger partial charge >= 0.3 is 17.9 Å². The summed E-state index contributed by atoms with van der Waals surface area (Å²) in [6, 6.07) is 0. The average molecular weight is 723 g/mol. The summed E-state index contributed by atoms with van der Waals surface area (Å²) in [5.74, 6) is 1.54. The van der Waals surface area contributed by atoms with E-state index in [0.29, 0.717) is 19.3 Å². The number of carbonyl (C=O) groups is 3. The maximum atomic E-state index is 12.7. The van der Waals surface area contributed by atoms with E-state index in [-0.39, 0.29) is 31.1 Å². The molecular formula is C45H86O6. The molecule has 6 nitrogen and oxygen atoms in total. The van der Waals surface area contributed by atoms with E-state index in [1.807, 2.05) is 0 Å². The molecule has 0 bridgehead atoms. The number of ether oxygens (including phenoxy) is 3. The predicted octanol–water partition coefficient (Wildman–Crippen LogP) is 13.7. The molecule has 0 aromatic carbocycles. The summed E-state index contributed by atoms with van der Waals surface area (Å²) in [6.07, 6.45) is 32.4. The van der Waals surface area contributed by atoms with Gasteiger partial charge in [-0.3, -0.25) is 14.4 Å². The van der Waals surface area contributed by atoms with Gasteiger partial charge in [-0.2, -0.15) is 0 Å². The molecule has 0 saturated carbocycles. The van der Waals surface area contributed by atoms with Gasteiger partial charge in [-0.05, 0) is 37.0 Å². The van der Waals surface area contributed by atoms with Crippen molar-refractivity contribution in [1.29, 1.82) is 0 Å². The zero-order valence-electron chi connectivity index (χ0n) is 34.9. The third kappa shape index (κ3) is 38.0. The summed E-state index contributed by atoms with van der Waals surface area (Å²) in [5.41, 5.74) is 0. The minimum absolute atomic E-state index is 0.0674. The minimum Gasteiger partial charge on any atom is -0.462 e. The Kier molecular flexibility index (Phi) is 35.6. The number of hydrogen-bond acceptors (Lipinski definition) is 6. The zero-order valence-corrected chi connectivity index (χ0v) is 34.9. The largest absolute Gasteiger partial charge is 0.462 e. The Bertz CT molecular complexity index is 794. The first-order valence-corrected chi connectivity index (χ1v) is 22.1. The lowest BCUT2D eigenvalue weighted by Gasteiger charge is -2.18. The number of hydrogen-bond donors (Lipinski definition) is 0. The Morgan fingerprint density at radius 3 is 1.02 bits per heavy atom. The normalized spacial score (nSPS) is 12.7. The first-order valence-electron chi connectivity index (χ1n) is 22.1. The van der Waals surface area contributed by atoms with E-state index in [1.54, 1.807) is 0 Å². The van der Waals surface area contributed by atoms with Gasteiger partial charge in [0.15, 0.2) is 6.10 Å². The van der Waals surface area contributed by atoms with Crippen LogP contribution in [0, 0.1) is 17.8 Å². The van der Waals surface area contributed by atoms with Gasteiger partial charge in [-0.15, -0.1) is 0 Å². The second-order valence-corrected chi connectivity index (χ2v) is 16.5. The van der Waals surface area contributed by atoms with Crippen molar-refractivity contribution in [2.24, 2.45) is 17.8 Å². The highest BCUT2D eigenvalue weighted by atomic mass is 16.6. The molecular weight excluding hydrogens is 636 g/mol. The molecule has 0 aliphatic rings. The van der Waals surface area contributed by atoms with Crippen molar-refractivity contribution in [3.8, 4) is 0 Å². The van der Waals surface area contributed by atoms with Crippen molar-refractivity contribution < 1.29 is 28.6 Å². The van der Waals surface area contributed by atoms with Crippen LogP contribution in [-0.4, -0.2) is 37.2 Å². The predicted molar refractivity (Wildman–Crippen MR) is 215 cm³/mol. The highest BCUT2D eigenvalue weighted by Crippen LogP contribution is 2.17. The monoisotopic (exact) mass is 723 g/mol. The Morgan fingerprint density at radius 2 is 0.686 bits per heavy atom. The van der Waals surface area contributed by atoms with Gasteiger partial charge in [0.05, 0.1) is 0 Å². The zero-order chi connectivity index (χ0) is 37.8. The van der Waals surface area contributed by atoms with Gasteiger partial charge < -0.3 is 14.2 Å². The van der Waals surface area contributed by atoms with E-state index in [0.717, 1.165) is 75.5 Å². The highest BCUT2D eigenvalue weighted by molar-refractivity contribution is 5.71. The Morgan fingerprint density at radius 1 is 0.392 bits per heavy atom. The summed E-state index contributed by atoms with van der Waals surface area (Å²) in [5, 5.41) is 0. The maximum absolute atomic E-state index is 12.7. The van der Waals surface area contributed by atoms with Crippen LogP contribution in [0.2, 0.25) is 0 Å². The molecule has 0 amide bonds. The summed E-state index contributed by atoms with van der Waals surface area (Å²) in [4.78, 5) is 37.6. The molecule has 51 heavy (non-hydrogen) atoms. The van der Waals surface area contributed by atoms with Crippen molar-refractivity contribution in [3.63, 3.8) is 0 Å². The van der Waals surface area contributed by atoms with Gasteiger partial charge in [-0.25, -0.2) is 0 Å². The van der Waals surface area contributed by atoms with E-state index < -0.39 is 6.10 Å². The Hall–Kier alpha value is -1.59. The molecule has 0 fully saturated rings. The summed E-state index contributed by atoms with van der Waals surface area (Å²) >= 11 is 0. The molecule has 6 heteroatoms. The molecule has 0 radical (unpaired) electrons. The molecule has 1 unspecified atom stereocenters.